The van der Waals surface area contributed by atoms with Crippen molar-refractivity contribution in [2.24, 2.45) is 5.14 Å². The molecule has 4 rings (SSSR count). The molecule has 0 bridgehead atoms. The van der Waals surface area contributed by atoms with Crippen LogP contribution in [0.25, 0.3) is 10.9 Å². The number of hydrogen-bond acceptors (Lipinski definition) is 7. The minimum absolute atomic E-state index is 0.159. The molecule has 0 atom stereocenters. The van der Waals surface area contributed by atoms with Crippen molar-refractivity contribution in [3.05, 3.63) is 72.9 Å². The third kappa shape index (κ3) is 4.24. The first-order chi connectivity index (χ1) is 14.4. The number of rotatable bonds is 7. The monoisotopic (exact) mass is 423 g/mol. The van der Waals surface area contributed by atoms with Crippen LogP contribution in [0, 0.1) is 11.3 Å². The van der Waals surface area contributed by atoms with Crippen LogP contribution in [0.15, 0.2) is 67.4 Å². The molecular formula is C19H17N7O3S. The summed E-state index contributed by atoms with van der Waals surface area (Å²) >= 11 is 0. The second kappa shape index (κ2) is 7.86. The second-order valence-electron chi connectivity index (χ2n) is 6.43. The number of benzene rings is 2. The molecule has 2 N–H and O–H groups in total. The lowest BCUT2D eigenvalue weighted by molar-refractivity contribution is 0.488. The number of hydrogen-bond donors (Lipinski definition) is 1. The van der Waals surface area contributed by atoms with Crippen molar-refractivity contribution in [1.82, 2.24) is 19.4 Å². The average molecular weight is 423 g/mol. The Morgan fingerprint density at radius 1 is 1.10 bits per heavy atom. The van der Waals surface area contributed by atoms with E-state index in [1.165, 1.54) is 0 Å². The highest BCUT2D eigenvalue weighted by atomic mass is 32.2. The predicted octanol–water partition coefficient (Wildman–Crippen LogP) is 1.66. The van der Waals surface area contributed by atoms with E-state index in [1.54, 1.807) is 47.7 Å². The van der Waals surface area contributed by atoms with Crippen LogP contribution in [0.5, 0.6) is 5.75 Å². The van der Waals surface area contributed by atoms with E-state index < -0.39 is 10.3 Å². The molecule has 2 aromatic carbocycles. The van der Waals surface area contributed by atoms with Gasteiger partial charge in [-0.3, -0.25) is 5.01 Å². The lowest BCUT2D eigenvalue weighted by Gasteiger charge is -2.25. The Hall–Kier alpha value is -3.88. The molecule has 0 aliphatic carbocycles. The first-order valence-electron chi connectivity index (χ1n) is 8.87. The van der Waals surface area contributed by atoms with Gasteiger partial charge in [-0.05, 0) is 48.5 Å². The number of nitriles is 1. The van der Waals surface area contributed by atoms with Gasteiger partial charge in [0.1, 0.15) is 18.4 Å². The van der Waals surface area contributed by atoms with Crippen LogP contribution in [0.2, 0.25) is 0 Å². The summed E-state index contributed by atoms with van der Waals surface area (Å²) in [4.78, 5) is 0. The minimum Gasteiger partial charge on any atom is -0.371 e. The fourth-order valence-corrected chi connectivity index (χ4v) is 3.54. The van der Waals surface area contributed by atoms with Gasteiger partial charge in [0, 0.05) is 23.6 Å². The van der Waals surface area contributed by atoms with Crippen molar-refractivity contribution in [2.75, 3.05) is 11.6 Å². The molecular weight excluding hydrogens is 406 g/mol. The maximum absolute atomic E-state index is 11.1. The molecule has 152 valence electrons. The lowest BCUT2D eigenvalue weighted by atomic mass is 10.2. The van der Waals surface area contributed by atoms with Gasteiger partial charge in [-0.25, -0.2) is 4.68 Å². The quantitative estimate of drug-likeness (QED) is 0.478. The molecule has 30 heavy (non-hydrogen) atoms. The summed E-state index contributed by atoms with van der Waals surface area (Å²) in [7, 11) is -4.07. The van der Waals surface area contributed by atoms with E-state index in [9.17, 15) is 8.42 Å². The van der Waals surface area contributed by atoms with Crippen molar-refractivity contribution in [3.63, 3.8) is 0 Å². The minimum atomic E-state index is -4.07. The topological polar surface area (TPSA) is 132 Å². The zero-order chi connectivity index (χ0) is 21.1. The van der Waals surface area contributed by atoms with E-state index in [1.807, 2.05) is 34.0 Å². The maximum Gasteiger partial charge on any atom is 0.380 e. The van der Waals surface area contributed by atoms with E-state index in [-0.39, 0.29) is 5.75 Å². The number of aromatic nitrogens is 4. The number of fused-ring (bicyclic) bond motifs is 1. The Morgan fingerprint density at radius 3 is 2.50 bits per heavy atom. The molecule has 11 heteroatoms. The largest absolute Gasteiger partial charge is 0.380 e. The van der Waals surface area contributed by atoms with Gasteiger partial charge in [-0.2, -0.15) is 18.8 Å². The fourth-order valence-electron chi connectivity index (χ4n) is 3.17. The van der Waals surface area contributed by atoms with Crippen LogP contribution in [-0.4, -0.2) is 34.4 Å². The average Bonchev–Trinajstić information content (AvgIpc) is 3.38. The first-order valence-corrected chi connectivity index (χ1v) is 10.3. The molecule has 0 aliphatic rings. The molecule has 0 amide bonds. The van der Waals surface area contributed by atoms with E-state index in [2.05, 4.69) is 16.3 Å². The Bertz CT molecular complexity index is 1310. The third-order valence-electron chi connectivity index (χ3n) is 4.49. The SMILES string of the molecule is N#Cc1ccc(N(CCn2ccc3cc(OS(N)(=O)=O)ccc32)n2cnnc2)cc1. The Labute approximate surface area is 172 Å². The van der Waals surface area contributed by atoms with E-state index >= 15 is 0 Å². The summed E-state index contributed by atoms with van der Waals surface area (Å²) in [6.07, 6.45) is 5.11. The summed E-state index contributed by atoms with van der Waals surface area (Å²) in [6.45, 7) is 1.21. The van der Waals surface area contributed by atoms with Crippen LogP contribution in [0.1, 0.15) is 5.56 Å². The summed E-state index contributed by atoms with van der Waals surface area (Å²) in [5.41, 5.74) is 2.38. The van der Waals surface area contributed by atoms with E-state index in [0.29, 0.717) is 18.7 Å². The van der Waals surface area contributed by atoms with Gasteiger partial charge in [0.2, 0.25) is 0 Å². The zero-order valence-electron chi connectivity index (χ0n) is 15.7. The smallest absolute Gasteiger partial charge is 0.371 e. The molecule has 0 aliphatic heterocycles. The van der Waals surface area contributed by atoms with E-state index in [0.717, 1.165) is 16.6 Å². The summed E-state index contributed by atoms with van der Waals surface area (Å²) in [6, 6.07) is 16.2. The zero-order valence-corrected chi connectivity index (χ0v) is 16.5. The molecule has 2 heterocycles. The molecule has 4 aromatic rings. The summed E-state index contributed by atoms with van der Waals surface area (Å²) in [5, 5.41) is 24.5. The summed E-state index contributed by atoms with van der Waals surface area (Å²) in [5.74, 6) is 0.159. The van der Waals surface area contributed by atoms with Gasteiger partial charge in [-0.15, -0.1) is 10.2 Å². The Morgan fingerprint density at radius 2 is 1.83 bits per heavy atom. The van der Waals surface area contributed by atoms with Crippen LogP contribution in [0.3, 0.4) is 0 Å². The normalized spacial score (nSPS) is 11.3. The van der Waals surface area contributed by atoms with Crippen molar-refractivity contribution >= 4 is 26.9 Å². The van der Waals surface area contributed by atoms with Crippen LogP contribution in [-0.2, 0) is 16.8 Å². The molecule has 0 saturated heterocycles. The molecule has 0 spiro atoms. The van der Waals surface area contributed by atoms with E-state index in [4.69, 9.17) is 14.6 Å². The Kier molecular flexibility index (Phi) is 5.09. The summed E-state index contributed by atoms with van der Waals surface area (Å²) < 4.78 is 30.8. The predicted molar refractivity (Wildman–Crippen MR) is 110 cm³/mol. The molecule has 10 nitrogen and oxygen atoms in total. The first kappa shape index (κ1) is 19.4. The van der Waals surface area contributed by atoms with Crippen LogP contribution >= 0.6 is 0 Å². The van der Waals surface area contributed by atoms with Gasteiger partial charge >= 0.3 is 10.3 Å². The standard InChI is InChI=1S/C19H17N7O3S/c20-12-15-1-3-17(4-2-15)26(25-13-22-23-14-25)10-9-24-8-7-16-11-18(5-6-19(16)24)29-30(21,27)28/h1-8,11,13-14H,9-10H2,(H2,21,27,28). The highest BCUT2D eigenvalue weighted by molar-refractivity contribution is 7.84. The maximum atomic E-state index is 11.1. The van der Waals surface area contributed by atoms with Gasteiger partial charge in [0.05, 0.1) is 23.9 Å². The van der Waals surface area contributed by atoms with Crippen molar-refractivity contribution in [3.8, 4) is 11.8 Å². The van der Waals surface area contributed by atoms with Gasteiger partial charge < -0.3 is 8.75 Å². The molecule has 2 aromatic heterocycles. The highest BCUT2D eigenvalue weighted by Crippen LogP contribution is 2.23. The molecule has 0 saturated carbocycles. The fraction of sp³-hybridized carbons (Fsp3) is 0.105. The van der Waals surface area contributed by atoms with Crippen LogP contribution in [0.4, 0.5) is 5.69 Å². The highest BCUT2D eigenvalue weighted by Gasteiger charge is 2.12. The molecule has 0 fully saturated rings. The third-order valence-corrected chi connectivity index (χ3v) is 4.91. The number of nitrogens with zero attached hydrogens (tertiary/aromatic N) is 6. The van der Waals surface area contributed by atoms with Crippen molar-refractivity contribution in [1.29, 1.82) is 5.26 Å². The van der Waals surface area contributed by atoms with Crippen molar-refractivity contribution in [2.45, 2.75) is 6.54 Å². The number of anilines is 1. The second-order valence-corrected chi connectivity index (χ2v) is 7.58. The van der Waals surface area contributed by atoms with Crippen LogP contribution < -0.4 is 14.3 Å². The molecule has 0 unspecified atom stereocenters. The Balaban J connectivity index is 1.57. The van der Waals surface area contributed by atoms with Gasteiger partial charge in [-0.1, -0.05) is 0 Å². The van der Waals surface area contributed by atoms with Crippen molar-refractivity contribution < 1.29 is 12.6 Å². The lowest BCUT2D eigenvalue weighted by Crippen LogP contribution is -2.31. The molecule has 0 radical (unpaired) electrons. The van der Waals surface area contributed by atoms with Gasteiger partial charge in [0.25, 0.3) is 0 Å². The van der Waals surface area contributed by atoms with Gasteiger partial charge in [0.15, 0.2) is 0 Å². The number of nitrogens with two attached hydrogens (primary N) is 1.